The largest absolute Gasteiger partial charge is 0.326 e. The number of hydrogen-bond acceptors (Lipinski definition) is 5. The van der Waals surface area contributed by atoms with Crippen LogP contribution in [0.25, 0.3) is 0 Å². The highest BCUT2D eigenvalue weighted by Crippen LogP contribution is 2.07. The first-order chi connectivity index (χ1) is 6.22. The van der Waals surface area contributed by atoms with Gasteiger partial charge in [0, 0.05) is 11.5 Å². The molecule has 13 heavy (non-hydrogen) atoms. The number of amides is 3. The first kappa shape index (κ1) is 9.87. The molecular formula is C5H5ClN4O2S. The number of urea groups is 1. The summed E-state index contributed by atoms with van der Waals surface area (Å²) in [6, 6.07) is -0.642. The van der Waals surface area contributed by atoms with Crippen LogP contribution < -0.4 is 10.6 Å². The molecule has 0 radical (unpaired) electrons. The van der Waals surface area contributed by atoms with Crippen molar-refractivity contribution in [2.24, 2.45) is 0 Å². The lowest BCUT2D eigenvalue weighted by Gasteiger charge is -2.00. The molecule has 3 amide bonds. The lowest BCUT2D eigenvalue weighted by molar-refractivity contribution is -0.117. The maximum atomic E-state index is 10.9. The van der Waals surface area contributed by atoms with Crippen LogP contribution in [0.5, 0.6) is 0 Å². The summed E-state index contributed by atoms with van der Waals surface area (Å²) in [5, 5.41) is 8.30. The van der Waals surface area contributed by atoms with Crippen molar-refractivity contribution in [2.45, 2.75) is 0 Å². The highest BCUT2D eigenvalue weighted by Gasteiger charge is 2.06. The molecule has 8 heteroatoms. The molecule has 0 fully saturated rings. The van der Waals surface area contributed by atoms with Crippen LogP contribution in [0, 0.1) is 0 Å². The Kier molecular flexibility index (Phi) is 3.59. The summed E-state index contributed by atoms with van der Waals surface area (Å²) in [6.45, 7) is 0. The molecule has 2 N–H and O–H groups in total. The van der Waals surface area contributed by atoms with Crippen LogP contribution in [0.3, 0.4) is 0 Å². The summed E-state index contributed by atoms with van der Waals surface area (Å²) < 4.78 is 3.51. The summed E-state index contributed by atoms with van der Waals surface area (Å²) in [7, 11) is 0. The van der Waals surface area contributed by atoms with Crippen molar-refractivity contribution in [3.8, 4) is 0 Å². The van der Waals surface area contributed by atoms with Gasteiger partial charge in [0.05, 0.1) is 6.20 Å². The van der Waals surface area contributed by atoms with Gasteiger partial charge in [-0.1, -0.05) is 4.49 Å². The van der Waals surface area contributed by atoms with Crippen LogP contribution in [-0.4, -0.2) is 27.4 Å². The van der Waals surface area contributed by atoms with E-state index >= 15 is 0 Å². The van der Waals surface area contributed by atoms with Crippen molar-refractivity contribution >= 4 is 40.1 Å². The fourth-order valence-corrected chi connectivity index (χ4v) is 1.01. The normalized spacial score (nSPS) is 9.31. The zero-order valence-electron chi connectivity index (χ0n) is 6.28. The Morgan fingerprint density at radius 2 is 2.38 bits per heavy atom. The third-order valence-corrected chi connectivity index (χ3v) is 1.80. The van der Waals surface area contributed by atoms with Gasteiger partial charge in [-0.05, 0) is 0 Å². The van der Waals surface area contributed by atoms with E-state index in [2.05, 4.69) is 14.9 Å². The van der Waals surface area contributed by atoms with E-state index in [9.17, 15) is 9.59 Å². The lowest BCUT2D eigenvalue weighted by atomic mass is 10.7. The second-order valence-corrected chi connectivity index (χ2v) is 2.97. The highest BCUT2D eigenvalue weighted by atomic mass is 35.5. The Hall–Kier alpha value is -1.21. The number of nitrogens with zero attached hydrogens (tertiary/aromatic N) is 2. The summed E-state index contributed by atoms with van der Waals surface area (Å²) in [5.74, 6) is -0.814. The zero-order valence-corrected chi connectivity index (χ0v) is 7.85. The van der Waals surface area contributed by atoms with Gasteiger partial charge < -0.3 is 0 Å². The number of halogens is 1. The quantitative estimate of drug-likeness (QED) is 0.708. The van der Waals surface area contributed by atoms with Gasteiger partial charge in [0.2, 0.25) is 5.91 Å². The van der Waals surface area contributed by atoms with Crippen LogP contribution >= 0.6 is 23.1 Å². The first-order valence-electron chi connectivity index (χ1n) is 3.16. The number of anilines is 1. The fourth-order valence-electron chi connectivity index (χ4n) is 0.525. The second-order valence-electron chi connectivity index (χ2n) is 1.92. The van der Waals surface area contributed by atoms with Gasteiger partial charge in [0.15, 0.2) is 0 Å². The Morgan fingerprint density at radius 1 is 1.62 bits per heavy atom. The van der Waals surface area contributed by atoms with Crippen LogP contribution in [0.2, 0.25) is 0 Å². The number of imide groups is 1. The van der Waals surface area contributed by atoms with Gasteiger partial charge in [0.25, 0.3) is 0 Å². The van der Waals surface area contributed by atoms with Crippen LogP contribution in [-0.2, 0) is 4.79 Å². The molecule has 0 spiro atoms. The maximum absolute atomic E-state index is 10.9. The molecule has 1 aromatic rings. The maximum Gasteiger partial charge on any atom is 0.326 e. The van der Waals surface area contributed by atoms with Crippen LogP contribution in [0.1, 0.15) is 0 Å². The second kappa shape index (κ2) is 4.73. The molecule has 0 saturated carbocycles. The zero-order chi connectivity index (χ0) is 9.68. The number of alkyl halides is 1. The van der Waals surface area contributed by atoms with Gasteiger partial charge in [-0.15, -0.1) is 16.7 Å². The van der Waals surface area contributed by atoms with Gasteiger partial charge in [-0.2, -0.15) is 0 Å². The average Bonchev–Trinajstić information content (AvgIpc) is 2.56. The Balaban J connectivity index is 2.38. The molecular weight excluding hydrogens is 216 g/mol. The van der Waals surface area contributed by atoms with Crippen molar-refractivity contribution in [3.63, 3.8) is 0 Å². The number of nitrogens with one attached hydrogen (secondary N) is 2. The summed E-state index contributed by atoms with van der Waals surface area (Å²) in [6.07, 6.45) is 1.37. The van der Waals surface area contributed by atoms with E-state index in [0.29, 0.717) is 5.00 Å². The number of carbonyl (C=O) groups excluding carboxylic acids is 2. The van der Waals surface area contributed by atoms with Crippen molar-refractivity contribution in [1.29, 1.82) is 0 Å². The Morgan fingerprint density at radius 3 is 2.92 bits per heavy atom. The van der Waals surface area contributed by atoms with Gasteiger partial charge in [-0.3, -0.25) is 15.4 Å². The fraction of sp³-hybridized carbons (Fsp3) is 0.200. The molecule has 0 unspecified atom stereocenters. The third kappa shape index (κ3) is 3.34. The minimum atomic E-state index is -0.642. The van der Waals surface area contributed by atoms with E-state index < -0.39 is 11.9 Å². The van der Waals surface area contributed by atoms with Crippen molar-refractivity contribution in [3.05, 3.63) is 6.20 Å². The highest BCUT2D eigenvalue weighted by molar-refractivity contribution is 7.10. The number of rotatable bonds is 2. The Bertz CT molecular complexity index is 301. The minimum Gasteiger partial charge on any atom is -0.296 e. The van der Waals surface area contributed by atoms with E-state index in [0.717, 1.165) is 11.5 Å². The van der Waals surface area contributed by atoms with Crippen LogP contribution in [0.4, 0.5) is 9.80 Å². The molecule has 0 atom stereocenters. The third-order valence-electron chi connectivity index (χ3n) is 0.972. The molecule has 6 nitrogen and oxygen atoms in total. The standard InChI is InChI=1S/C5H5ClN4O2S/c6-1-3(11)8-5(12)9-4-2-7-10-13-4/h2H,1H2,(H2,8,9,11,12). The molecule has 0 bridgehead atoms. The molecule has 0 aliphatic heterocycles. The molecule has 70 valence electrons. The van der Waals surface area contributed by atoms with E-state index in [4.69, 9.17) is 11.6 Å². The lowest BCUT2D eigenvalue weighted by Crippen LogP contribution is -2.34. The van der Waals surface area contributed by atoms with E-state index in [1.807, 2.05) is 5.32 Å². The minimum absolute atomic E-state index is 0.256. The van der Waals surface area contributed by atoms with E-state index in [-0.39, 0.29) is 5.88 Å². The van der Waals surface area contributed by atoms with Gasteiger partial charge >= 0.3 is 6.03 Å². The number of carbonyl (C=O) groups is 2. The van der Waals surface area contributed by atoms with Gasteiger partial charge in [0.1, 0.15) is 10.9 Å². The monoisotopic (exact) mass is 220 g/mol. The summed E-state index contributed by atoms with van der Waals surface area (Å²) in [5.41, 5.74) is 0. The molecule has 1 rings (SSSR count). The molecule has 0 aliphatic carbocycles. The number of hydrogen-bond donors (Lipinski definition) is 2. The molecule has 0 saturated heterocycles. The van der Waals surface area contributed by atoms with Gasteiger partial charge in [-0.25, -0.2) is 4.79 Å². The molecule has 1 heterocycles. The number of aromatic nitrogens is 2. The summed E-state index contributed by atoms with van der Waals surface area (Å²) >= 11 is 6.17. The van der Waals surface area contributed by atoms with Crippen molar-refractivity contribution in [2.75, 3.05) is 11.2 Å². The first-order valence-corrected chi connectivity index (χ1v) is 4.47. The van der Waals surface area contributed by atoms with E-state index in [1.54, 1.807) is 0 Å². The van der Waals surface area contributed by atoms with E-state index in [1.165, 1.54) is 6.20 Å². The smallest absolute Gasteiger partial charge is 0.296 e. The Labute approximate surface area is 82.4 Å². The van der Waals surface area contributed by atoms with Crippen LogP contribution in [0.15, 0.2) is 6.20 Å². The topological polar surface area (TPSA) is 84.0 Å². The predicted molar refractivity (Wildman–Crippen MR) is 47.8 cm³/mol. The van der Waals surface area contributed by atoms with Crippen molar-refractivity contribution in [1.82, 2.24) is 14.9 Å². The molecule has 1 aromatic heterocycles. The molecule has 0 aliphatic rings. The van der Waals surface area contributed by atoms with Crippen molar-refractivity contribution < 1.29 is 9.59 Å². The SMILES string of the molecule is O=C(CCl)NC(=O)Nc1cnns1. The predicted octanol–water partition coefficient (Wildman–Crippen LogP) is 0.425. The average molecular weight is 221 g/mol. The molecule has 0 aromatic carbocycles. The summed E-state index contributed by atoms with van der Waals surface area (Å²) in [4.78, 5) is 21.5.